The van der Waals surface area contributed by atoms with Crippen molar-refractivity contribution in [1.29, 1.82) is 0 Å². The average Bonchev–Trinajstić information content (AvgIpc) is 3.13. The fourth-order valence-corrected chi connectivity index (χ4v) is 3.41. The molecule has 3 aromatic rings. The molecule has 1 aromatic carbocycles. The Morgan fingerprint density at radius 2 is 1.79 bits per heavy atom. The van der Waals surface area contributed by atoms with E-state index in [4.69, 9.17) is 0 Å². The zero-order chi connectivity index (χ0) is 20.4. The maximum Gasteiger partial charge on any atom is 0.287 e. The lowest BCUT2D eigenvalue weighted by molar-refractivity contribution is 0.0661. The number of nitrogens with one attached hydrogen (secondary N) is 1. The number of fused-ring (bicyclic) bond motifs is 1. The molecular weight excluding hydrogens is 373 g/mol. The highest BCUT2D eigenvalue weighted by molar-refractivity contribution is 6.02. The van der Waals surface area contributed by atoms with Crippen LogP contribution in [0.2, 0.25) is 0 Å². The van der Waals surface area contributed by atoms with Gasteiger partial charge < -0.3 is 15.1 Å². The van der Waals surface area contributed by atoms with E-state index in [0.717, 1.165) is 13.1 Å². The third-order valence-corrected chi connectivity index (χ3v) is 5.14. The monoisotopic (exact) mass is 395 g/mol. The van der Waals surface area contributed by atoms with Gasteiger partial charge in [0.25, 0.3) is 11.8 Å². The topological polar surface area (TPSA) is 69.9 Å². The van der Waals surface area contributed by atoms with Gasteiger partial charge in [0, 0.05) is 44.5 Å². The maximum atomic E-state index is 13.8. The number of carbonyl (C=O) groups is 2. The lowest BCUT2D eigenvalue weighted by Gasteiger charge is -2.32. The number of rotatable bonds is 4. The average molecular weight is 395 g/mol. The Bertz CT molecular complexity index is 1060. The Hall–Kier alpha value is -3.26. The third kappa shape index (κ3) is 3.84. The van der Waals surface area contributed by atoms with Crippen LogP contribution in [-0.4, -0.2) is 64.2 Å². The van der Waals surface area contributed by atoms with E-state index < -0.39 is 5.91 Å². The first-order chi connectivity index (χ1) is 14.0. The summed E-state index contributed by atoms with van der Waals surface area (Å²) in [5.41, 5.74) is 1.22. The van der Waals surface area contributed by atoms with Gasteiger partial charge in [-0.05, 0) is 25.2 Å². The first-order valence-electron chi connectivity index (χ1n) is 9.51. The van der Waals surface area contributed by atoms with E-state index in [1.165, 1.54) is 6.07 Å². The number of hydrogen-bond donors (Lipinski definition) is 1. The molecule has 0 bridgehead atoms. The molecular formula is C21H22FN5O2. The Balaban J connectivity index is 1.59. The normalized spacial score (nSPS) is 14.9. The molecule has 4 rings (SSSR count). The first kappa shape index (κ1) is 19.1. The number of amides is 2. The Labute approximate surface area is 167 Å². The Kier molecular flexibility index (Phi) is 5.26. The summed E-state index contributed by atoms with van der Waals surface area (Å²) >= 11 is 0. The minimum absolute atomic E-state index is 0.0367. The molecule has 0 saturated carbocycles. The summed E-state index contributed by atoms with van der Waals surface area (Å²) in [6.07, 6.45) is 1.70. The molecule has 3 heterocycles. The summed E-state index contributed by atoms with van der Waals surface area (Å²) in [7, 11) is 2.02. The summed E-state index contributed by atoms with van der Waals surface area (Å²) < 4.78 is 15.4. The molecule has 7 nitrogen and oxygen atoms in total. The number of nitrogens with zero attached hydrogens (tertiary/aromatic N) is 4. The van der Waals surface area contributed by atoms with Gasteiger partial charge in [-0.15, -0.1) is 0 Å². The molecule has 0 aliphatic carbocycles. The van der Waals surface area contributed by atoms with Gasteiger partial charge in [0.1, 0.15) is 5.82 Å². The van der Waals surface area contributed by atoms with E-state index in [2.05, 4.69) is 15.2 Å². The van der Waals surface area contributed by atoms with E-state index in [1.54, 1.807) is 51.9 Å². The van der Waals surface area contributed by atoms with Crippen LogP contribution in [0, 0.1) is 5.82 Å². The molecule has 0 atom stereocenters. The largest absolute Gasteiger partial charge is 0.345 e. The van der Waals surface area contributed by atoms with Gasteiger partial charge >= 0.3 is 0 Å². The van der Waals surface area contributed by atoms with Gasteiger partial charge in [0.15, 0.2) is 5.69 Å². The van der Waals surface area contributed by atoms with Crippen LogP contribution in [0.5, 0.6) is 0 Å². The van der Waals surface area contributed by atoms with Crippen LogP contribution < -0.4 is 5.32 Å². The molecule has 0 spiro atoms. The fraction of sp³-hybridized carbons (Fsp3) is 0.286. The smallest absolute Gasteiger partial charge is 0.287 e. The number of likely N-dealkylation sites (N-methyl/N-ethyl adjacent to an activating group) is 1. The van der Waals surface area contributed by atoms with Crippen LogP contribution in [0.3, 0.4) is 0 Å². The number of aromatic nitrogens is 2. The summed E-state index contributed by atoms with van der Waals surface area (Å²) in [5.74, 6) is -0.928. The molecule has 0 unspecified atom stereocenters. The second-order valence-electron chi connectivity index (χ2n) is 7.11. The van der Waals surface area contributed by atoms with Crippen LogP contribution >= 0.6 is 0 Å². The van der Waals surface area contributed by atoms with Gasteiger partial charge in [0.2, 0.25) is 5.82 Å². The minimum Gasteiger partial charge on any atom is -0.345 e. The quantitative estimate of drug-likeness (QED) is 0.731. The van der Waals surface area contributed by atoms with E-state index >= 15 is 0 Å². The molecule has 8 heteroatoms. The van der Waals surface area contributed by atoms with Gasteiger partial charge in [0.05, 0.1) is 5.52 Å². The van der Waals surface area contributed by atoms with Crippen molar-refractivity contribution in [3.8, 4) is 0 Å². The molecule has 1 N–H and O–H groups in total. The number of carbonyl (C=O) groups excluding carboxylic acids is 2. The van der Waals surface area contributed by atoms with E-state index in [-0.39, 0.29) is 29.8 Å². The standard InChI is InChI=1S/C21H22FN5O2/c1-25-10-12-26(13-11-25)21(29)18-17-8-4-5-9-27(17)19(24-18)20(28)23-14-15-6-2-3-7-16(15)22/h2-9H,10-14H2,1H3,(H,23,28). The molecule has 2 amide bonds. The maximum absolute atomic E-state index is 13.8. The van der Waals surface area contributed by atoms with Crippen LogP contribution in [0.25, 0.3) is 5.52 Å². The number of pyridine rings is 1. The lowest BCUT2D eigenvalue weighted by atomic mass is 10.2. The van der Waals surface area contributed by atoms with Gasteiger partial charge in [-0.3, -0.25) is 14.0 Å². The summed E-state index contributed by atoms with van der Waals surface area (Å²) in [5, 5.41) is 2.69. The van der Waals surface area contributed by atoms with Crippen molar-refractivity contribution < 1.29 is 14.0 Å². The zero-order valence-corrected chi connectivity index (χ0v) is 16.1. The highest BCUT2D eigenvalue weighted by atomic mass is 19.1. The first-order valence-corrected chi connectivity index (χ1v) is 9.51. The Morgan fingerprint density at radius 3 is 2.55 bits per heavy atom. The van der Waals surface area contributed by atoms with Gasteiger partial charge in [-0.25, -0.2) is 9.37 Å². The number of hydrogen-bond acceptors (Lipinski definition) is 4. The SMILES string of the molecule is CN1CCN(C(=O)c2nc(C(=O)NCc3ccccc3F)n3ccccc23)CC1. The van der Waals surface area contributed by atoms with Crippen molar-refractivity contribution >= 4 is 17.3 Å². The van der Waals surface area contributed by atoms with Crippen molar-refractivity contribution in [1.82, 2.24) is 24.5 Å². The van der Waals surface area contributed by atoms with Crippen LogP contribution in [0.1, 0.15) is 26.7 Å². The summed E-state index contributed by atoms with van der Waals surface area (Å²) in [6.45, 7) is 2.88. The Morgan fingerprint density at radius 1 is 1.07 bits per heavy atom. The molecule has 0 radical (unpaired) electrons. The van der Waals surface area contributed by atoms with E-state index in [1.807, 2.05) is 7.05 Å². The van der Waals surface area contributed by atoms with Crippen molar-refractivity contribution in [2.45, 2.75) is 6.54 Å². The molecule has 150 valence electrons. The van der Waals surface area contributed by atoms with E-state index in [0.29, 0.717) is 24.2 Å². The van der Waals surface area contributed by atoms with Crippen LogP contribution in [0.15, 0.2) is 48.7 Å². The summed E-state index contributed by atoms with van der Waals surface area (Å²) in [6, 6.07) is 11.6. The molecule has 1 fully saturated rings. The molecule has 1 aliphatic heterocycles. The van der Waals surface area contributed by atoms with Crippen molar-refractivity contribution in [3.63, 3.8) is 0 Å². The highest BCUT2D eigenvalue weighted by Gasteiger charge is 2.27. The highest BCUT2D eigenvalue weighted by Crippen LogP contribution is 2.17. The van der Waals surface area contributed by atoms with Crippen molar-refractivity contribution in [2.75, 3.05) is 33.2 Å². The summed E-state index contributed by atoms with van der Waals surface area (Å²) in [4.78, 5) is 34.1. The second kappa shape index (κ2) is 8.00. The van der Waals surface area contributed by atoms with Crippen LogP contribution in [0.4, 0.5) is 4.39 Å². The molecule has 29 heavy (non-hydrogen) atoms. The number of piperazine rings is 1. The second-order valence-corrected chi connectivity index (χ2v) is 7.11. The van der Waals surface area contributed by atoms with Gasteiger partial charge in [-0.2, -0.15) is 0 Å². The van der Waals surface area contributed by atoms with Crippen molar-refractivity contribution in [2.24, 2.45) is 0 Å². The molecule has 2 aromatic heterocycles. The molecule has 1 aliphatic rings. The number of imidazole rings is 1. The predicted octanol–water partition coefficient (Wildman–Crippen LogP) is 1.79. The van der Waals surface area contributed by atoms with Crippen LogP contribution in [-0.2, 0) is 6.54 Å². The predicted molar refractivity (Wildman–Crippen MR) is 106 cm³/mol. The minimum atomic E-state index is -0.466. The number of halogens is 1. The molecule has 1 saturated heterocycles. The number of benzene rings is 1. The third-order valence-electron chi connectivity index (χ3n) is 5.14. The van der Waals surface area contributed by atoms with Crippen molar-refractivity contribution in [3.05, 3.63) is 71.6 Å². The zero-order valence-electron chi connectivity index (χ0n) is 16.1. The van der Waals surface area contributed by atoms with E-state index in [9.17, 15) is 14.0 Å². The fourth-order valence-electron chi connectivity index (χ4n) is 3.41. The lowest BCUT2D eigenvalue weighted by Crippen LogP contribution is -2.47. The van der Waals surface area contributed by atoms with Gasteiger partial charge in [-0.1, -0.05) is 24.3 Å².